The Morgan fingerprint density at radius 3 is 0.800 bits per heavy atom. The Balaban J connectivity index is 1.26. The molecule has 0 unspecified atom stereocenters. The molecule has 0 fully saturated rings. The Morgan fingerprint density at radius 1 is 0.300 bits per heavy atom. The van der Waals surface area contributed by atoms with E-state index in [1.165, 1.54) is 5.57 Å². The quantitative estimate of drug-likeness (QED) is 0.0836. The Labute approximate surface area is 340 Å². The average Bonchev–Trinajstić information content (AvgIpc) is 4.13. The van der Waals surface area contributed by atoms with E-state index in [0.29, 0.717) is 33.1 Å². The van der Waals surface area contributed by atoms with E-state index in [0.717, 1.165) is 101 Å². The number of benzene rings is 4. The lowest BCUT2D eigenvalue weighted by atomic mass is 9.98. The van der Waals surface area contributed by atoms with Crippen LogP contribution in [0.25, 0.3) is 128 Å². The maximum Gasteiger partial charge on any atom is 0.120 e. The fraction of sp³-hybridized carbons (Fsp3) is 0.0204. The van der Waals surface area contributed by atoms with Crippen molar-refractivity contribution >= 4 is 71.8 Å². The normalized spacial score (nSPS) is 13.0. The van der Waals surface area contributed by atoms with Crippen molar-refractivity contribution in [2.24, 2.45) is 0 Å². The lowest BCUT2D eigenvalue weighted by Gasteiger charge is -2.16. The minimum atomic E-state index is 0.590. The van der Waals surface area contributed by atoms with Crippen molar-refractivity contribution in [1.29, 1.82) is 0 Å². The number of H-pyrrole nitrogens is 5. The molecule has 0 saturated heterocycles. The fourth-order valence-corrected chi connectivity index (χ4v) is 8.88. The molecule has 11 heteroatoms. The lowest BCUT2D eigenvalue weighted by molar-refractivity contribution is 1.31. The molecule has 12 aromatic rings. The number of nitrogens with zero attached hydrogens (tertiary/aromatic N) is 6. The maximum atomic E-state index is 5.61. The Bertz CT molecular complexity index is 3620. The van der Waals surface area contributed by atoms with Crippen LogP contribution in [0.2, 0.25) is 0 Å². The number of hydrogen-bond acceptors (Lipinski definition) is 6. The number of hydrogen-bond donors (Lipinski definition) is 5. The minimum absolute atomic E-state index is 0.590. The van der Waals surface area contributed by atoms with E-state index in [9.17, 15) is 0 Å². The number of nitrogens with one attached hydrogen (secondary N) is 5. The van der Waals surface area contributed by atoms with Gasteiger partial charge in [0.05, 0.1) is 33.1 Å². The van der Waals surface area contributed by atoms with Gasteiger partial charge in [-0.05, 0) is 103 Å². The van der Waals surface area contributed by atoms with Crippen molar-refractivity contribution in [3.63, 3.8) is 0 Å². The van der Waals surface area contributed by atoms with Gasteiger partial charge in [-0.15, -0.1) is 0 Å². The molecule has 282 valence electrons. The topological polar surface area (TPSA) is 156 Å². The van der Waals surface area contributed by atoms with E-state index in [-0.39, 0.29) is 0 Å². The van der Waals surface area contributed by atoms with Crippen LogP contribution in [0.1, 0.15) is 12.0 Å². The fourth-order valence-electron chi connectivity index (χ4n) is 8.88. The molecule has 0 radical (unpaired) electrons. The molecule has 0 aliphatic heterocycles. The van der Waals surface area contributed by atoms with E-state index < -0.39 is 0 Å². The number of aromatic amines is 5. The van der Waals surface area contributed by atoms with Gasteiger partial charge in [-0.3, -0.25) is 0 Å². The molecule has 13 rings (SSSR count). The summed E-state index contributed by atoms with van der Waals surface area (Å²) in [5.41, 5.74) is 19.6. The second kappa shape index (κ2) is 12.5. The monoisotopic (exact) mass is 773 g/mol. The molecule has 1 aliphatic rings. The van der Waals surface area contributed by atoms with E-state index >= 15 is 0 Å². The highest BCUT2D eigenvalue weighted by atomic mass is 14.9. The van der Waals surface area contributed by atoms with Crippen LogP contribution in [0.3, 0.4) is 0 Å². The van der Waals surface area contributed by atoms with Gasteiger partial charge in [0, 0.05) is 92.8 Å². The Kier molecular flexibility index (Phi) is 6.81. The van der Waals surface area contributed by atoms with Gasteiger partial charge >= 0.3 is 0 Å². The Hall–Kier alpha value is -8.44. The summed E-state index contributed by atoms with van der Waals surface area (Å²) in [5.74, 6) is 0. The standard InChI is InChI=1S/C49H31N11/c1-2-9-26(8-1)27-15-16-28(33-10-3-21-50-33)39-38(27)55-44-45(56-39)47-49(60-43-32(37-14-7-25-54-37)20-19-31(42(43)58-47)36-13-6-24-53-36)48-46(44)57-40-29(34-11-4-22-51-34)17-18-30(41(40)59-48)35-12-5-23-52-35/h1-8,10-25,50-54H,9H2. The van der Waals surface area contributed by atoms with Crippen molar-refractivity contribution in [3.05, 3.63) is 152 Å². The highest BCUT2D eigenvalue weighted by molar-refractivity contribution is 6.23. The van der Waals surface area contributed by atoms with E-state index in [1.54, 1.807) is 0 Å². The first-order chi connectivity index (χ1) is 29.7. The van der Waals surface area contributed by atoms with Gasteiger partial charge in [0.1, 0.15) is 33.1 Å². The van der Waals surface area contributed by atoms with Gasteiger partial charge in [-0.2, -0.15) is 0 Å². The first-order valence-corrected chi connectivity index (χ1v) is 19.9. The second-order valence-electron chi connectivity index (χ2n) is 15.1. The summed E-state index contributed by atoms with van der Waals surface area (Å²) in [7, 11) is 0. The van der Waals surface area contributed by atoms with Crippen molar-refractivity contribution in [2.45, 2.75) is 6.42 Å². The number of fused-ring (bicyclic) bond motifs is 9. The highest BCUT2D eigenvalue weighted by Crippen LogP contribution is 2.42. The molecule has 0 amide bonds. The first-order valence-electron chi connectivity index (χ1n) is 19.9. The smallest absolute Gasteiger partial charge is 0.120 e. The van der Waals surface area contributed by atoms with Crippen LogP contribution in [0, 0.1) is 0 Å². The third-order valence-corrected chi connectivity index (χ3v) is 11.7. The van der Waals surface area contributed by atoms with E-state index in [2.05, 4.69) is 110 Å². The zero-order valence-electron chi connectivity index (χ0n) is 31.7. The molecule has 60 heavy (non-hydrogen) atoms. The van der Waals surface area contributed by atoms with Crippen LogP contribution in [0.5, 0.6) is 0 Å². The molecule has 5 N–H and O–H groups in total. The van der Waals surface area contributed by atoms with Gasteiger partial charge < -0.3 is 24.9 Å². The molecule has 8 aromatic heterocycles. The van der Waals surface area contributed by atoms with Gasteiger partial charge in [-0.25, -0.2) is 29.9 Å². The SMILES string of the molecule is C1=CCC(c2ccc(-c3ccc[nH]3)c3nc4c(nc23)c2nc3c(-c5ccc[nH]5)ccc(-c5ccc[nH]5)c3nc2c2nc3c(-c5ccc[nH]5)ccc(-c5ccc[nH]5)c3nc42)=C1. The summed E-state index contributed by atoms with van der Waals surface area (Å²) in [6, 6.07) is 33.0. The van der Waals surface area contributed by atoms with E-state index in [1.807, 2.05) is 61.3 Å². The third kappa shape index (κ3) is 4.77. The molecule has 0 saturated carbocycles. The van der Waals surface area contributed by atoms with Crippen LogP contribution in [-0.4, -0.2) is 54.8 Å². The highest BCUT2D eigenvalue weighted by Gasteiger charge is 2.25. The minimum Gasteiger partial charge on any atom is -0.361 e. The molecule has 0 spiro atoms. The van der Waals surface area contributed by atoms with Crippen LogP contribution >= 0.6 is 0 Å². The maximum absolute atomic E-state index is 5.61. The largest absolute Gasteiger partial charge is 0.361 e. The zero-order chi connectivity index (χ0) is 39.3. The molecule has 8 heterocycles. The van der Waals surface area contributed by atoms with Crippen molar-refractivity contribution in [1.82, 2.24) is 54.8 Å². The predicted octanol–water partition coefficient (Wildman–Crippen LogP) is 11.3. The summed E-state index contributed by atoms with van der Waals surface area (Å²) in [6.45, 7) is 0. The lowest BCUT2D eigenvalue weighted by Crippen LogP contribution is -2.02. The molecule has 1 aliphatic carbocycles. The van der Waals surface area contributed by atoms with Crippen LogP contribution in [0.4, 0.5) is 0 Å². The third-order valence-electron chi connectivity index (χ3n) is 11.7. The first kappa shape index (κ1) is 32.6. The van der Waals surface area contributed by atoms with E-state index in [4.69, 9.17) is 29.9 Å². The summed E-state index contributed by atoms with van der Waals surface area (Å²) >= 11 is 0. The van der Waals surface area contributed by atoms with Crippen molar-refractivity contribution in [3.8, 4) is 56.3 Å². The number of allylic oxidation sites excluding steroid dienone is 4. The molecule has 11 nitrogen and oxygen atoms in total. The molecule has 0 bridgehead atoms. The van der Waals surface area contributed by atoms with Crippen LogP contribution < -0.4 is 0 Å². The summed E-state index contributed by atoms with van der Waals surface area (Å²) in [4.78, 5) is 50.6. The van der Waals surface area contributed by atoms with Gasteiger partial charge in [0.25, 0.3) is 0 Å². The molecule has 0 atom stereocenters. The molecular formula is C49H31N11. The van der Waals surface area contributed by atoms with Crippen molar-refractivity contribution in [2.75, 3.05) is 0 Å². The van der Waals surface area contributed by atoms with Crippen LogP contribution in [-0.2, 0) is 0 Å². The zero-order valence-corrected chi connectivity index (χ0v) is 31.7. The number of rotatable bonds is 6. The second-order valence-corrected chi connectivity index (χ2v) is 15.1. The summed E-state index contributed by atoms with van der Waals surface area (Å²) in [5, 5.41) is 0. The number of aromatic nitrogens is 11. The van der Waals surface area contributed by atoms with Crippen molar-refractivity contribution < 1.29 is 0 Å². The predicted molar refractivity (Wildman–Crippen MR) is 239 cm³/mol. The molecule has 4 aromatic carbocycles. The van der Waals surface area contributed by atoms with Crippen LogP contribution in [0.15, 0.2) is 146 Å². The van der Waals surface area contributed by atoms with Gasteiger partial charge in [0.15, 0.2) is 0 Å². The molecular weight excluding hydrogens is 743 g/mol. The summed E-state index contributed by atoms with van der Waals surface area (Å²) in [6.07, 6.45) is 16.9. The Morgan fingerprint density at radius 2 is 0.567 bits per heavy atom. The summed E-state index contributed by atoms with van der Waals surface area (Å²) < 4.78 is 0. The van der Waals surface area contributed by atoms with Gasteiger partial charge in [0.2, 0.25) is 0 Å². The average molecular weight is 774 g/mol. The van der Waals surface area contributed by atoms with Gasteiger partial charge in [-0.1, -0.05) is 24.3 Å².